The smallest absolute Gasteiger partial charge is 0.305 e. The highest BCUT2D eigenvalue weighted by Gasteiger charge is 2.20. The molecule has 0 saturated heterocycles. The van der Waals surface area contributed by atoms with E-state index in [1.807, 2.05) is 0 Å². The van der Waals surface area contributed by atoms with Crippen LogP contribution >= 0.6 is 11.3 Å². The molecule has 6 nitrogen and oxygen atoms in total. The zero-order chi connectivity index (χ0) is 14.6. The third-order valence-corrected chi connectivity index (χ3v) is 6.39. The van der Waals surface area contributed by atoms with Crippen LogP contribution in [0.3, 0.4) is 0 Å². The topological polar surface area (TPSA) is 88.3 Å². The number of aromatic nitrogens is 1. The van der Waals surface area contributed by atoms with Crippen molar-refractivity contribution in [2.45, 2.75) is 49.3 Å². The summed E-state index contributed by atoms with van der Waals surface area (Å²) in [6, 6.07) is 0. The average Bonchev–Trinajstić information content (AvgIpc) is 2.76. The number of aromatic amines is 1. The molecule has 0 bridgehead atoms. The van der Waals surface area contributed by atoms with Gasteiger partial charge in [-0.1, -0.05) is 30.6 Å². The van der Waals surface area contributed by atoms with Crippen molar-refractivity contribution in [2.24, 2.45) is 0 Å². The molecule has 1 aromatic rings. The first kappa shape index (κ1) is 15.7. The Labute approximate surface area is 122 Å². The average molecular weight is 320 g/mol. The molecule has 20 heavy (non-hydrogen) atoms. The highest BCUT2D eigenvalue weighted by atomic mass is 32.2. The molecule has 8 heteroatoms. The van der Waals surface area contributed by atoms with Gasteiger partial charge in [0.15, 0.2) is 4.21 Å². The van der Waals surface area contributed by atoms with Crippen LogP contribution in [0.4, 0.5) is 0 Å². The van der Waals surface area contributed by atoms with Crippen molar-refractivity contribution in [1.29, 1.82) is 0 Å². The molecule has 1 aliphatic carbocycles. The molecule has 0 aliphatic heterocycles. The molecule has 1 aromatic heterocycles. The van der Waals surface area contributed by atoms with Crippen LogP contribution in [0.2, 0.25) is 0 Å². The van der Waals surface area contributed by atoms with Crippen molar-refractivity contribution in [3.63, 3.8) is 0 Å². The molecule has 2 rings (SSSR count). The highest BCUT2D eigenvalue weighted by molar-refractivity contribution is 7.91. The van der Waals surface area contributed by atoms with Crippen LogP contribution in [0, 0.1) is 6.92 Å². The number of nitrogens with one attached hydrogen (secondary N) is 2. The predicted octanol–water partition coefficient (Wildman–Crippen LogP) is 1.37. The summed E-state index contributed by atoms with van der Waals surface area (Å²) in [7, 11) is -3.62. The molecule has 2 N–H and O–H groups in total. The van der Waals surface area contributed by atoms with Crippen LogP contribution in [0.25, 0.3) is 0 Å². The van der Waals surface area contributed by atoms with E-state index < -0.39 is 10.0 Å². The first-order valence-corrected chi connectivity index (χ1v) is 9.10. The lowest BCUT2D eigenvalue weighted by Gasteiger charge is -2.21. The monoisotopic (exact) mass is 320 g/mol. The Morgan fingerprint density at radius 2 is 2.05 bits per heavy atom. The molecule has 1 heterocycles. The first-order valence-electron chi connectivity index (χ1n) is 6.80. The van der Waals surface area contributed by atoms with E-state index in [0.717, 1.165) is 12.8 Å². The second-order valence-corrected chi connectivity index (χ2v) is 7.90. The molecule has 0 aromatic carbocycles. The molecule has 0 radical (unpaired) electrons. The molecule has 0 atom stereocenters. The quantitative estimate of drug-likeness (QED) is 0.775. The number of thiazole rings is 1. The van der Waals surface area contributed by atoms with Gasteiger partial charge in [0.2, 0.25) is 0 Å². The number of aryl methyl sites for hydroxylation is 1. The van der Waals surface area contributed by atoms with Gasteiger partial charge in [0.05, 0.1) is 12.7 Å². The summed E-state index contributed by atoms with van der Waals surface area (Å²) < 4.78 is 32.2. The number of rotatable bonds is 6. The van der Waals surface area contributed by atoms with Crippen molar-refractivity contribution in [3.05, 3.63) is 15.4 Å². The summed E-state index contributed by atoms with van der Waals surface area (Å²) in [5.74, 6) is 0. The van der Waals surface area contributed by atoms with E-state index in [0.29, 0.717) is 23.6 Å². The van der Waals surface area contributed by atoms with Crippen LogP contribution in [0.1, 0.15) is 37.8 Å². The van der Waals surface area contributed by atoms with E-state index in [4.69, 9.17) is 4.74 Å². The van der Waals surface area contributed by atoms with Gasteiger partial charge >= 0.3 is 4.87 Å². The summed E-state index contributed by atoms with van der Waals surface area (Å²) in [6.45, 7) is 2.16. The Balaban J connectivity index is 1.80. The van der Waals surface area contributed by atoms with E-state index in [-0.39, 0.29) is 21.7 Å². The van der Waals surface area contributed by atoms with Gasteiger partial charge in [-0.2, -0.15) is 0 Å². The van der Waals surface area contributed by atoms with Crippen LogP contribution in [-0.4, -0.2) is 32.7 Å². The Hall–Kier alpha value is -0.700. The number of ether oxygens (including phenoxy) is 1. The van der Waals surface area contributed by atoms with E-state index in [1.54, 1.807) is 6.92 Å². The summed E-state index contributed by atoms with van der Waals surface area (Å²) in [6.07, 6.45) is 6.02. The van der Waals surface area contributed by atoms with Crippen LogP contribution in [0.5, 0.6) is 0 Å². The van der Waals surface area contributed by atoms with Crippen molar-refractivity contribution < 1.29 is 13.2 Å². The number of H-pyrrole nitrogens is 1. The minimum absolute atomic E-state index is 0.0557. The van der Waals surface area contributed by atoms with E-state index in [9.17, 15) is 13.2 Å². The molecular formula is C12H20N2O4S2. The fourth-order valence-electron chi connectivity index (χ4n) is 2.35. The number of hydrogen-bond acceptors (Lipinski definition) is 5. The lowest BCUT2D eigenvalue weighted by Crippen LogP contribution is -2.29. The second kappa shape index (κ2) is 6.84. The normalized spacial score (nSPS) is 17.4. The molecule has 1 aliphatic rings. The minimum Gasteiger partial charge on any atom is -0.377 e. The van der Waals surface area contributed by atoms with Gasteiger partial charge in [-0.15, -0.1) is 0 Å². The van der Waals surface area contributed by atoms with Gasteiger partial charge in [-0.25, -0.2) is 13.1 Å². The predicted molar refractivity (Wildman–Crippen MR) is 77.7 cm³/mol. The fourth-order valence-corrected chi connectivity index (χ4v) is 4.70. The summed E-state index contributed by atoms with van der Waals surface area (Å²) in [5, 5.41) is 0. The maximum atomic E-state index is 12.0. The Morgan fingerprint density at radius 3 is 2.65 bits per heavy atom. The maximum Gasteiger partial charge on any atom is 0.305 e. The van der Waals surface area contributed by atoms with Gasteiger partial charge in [0.25, 0.3) is 10.0 Å². The molecular weight excluding hydrogens is 300 g/mol. The number of sulfonamides is 1. The Kier molecular flexibility index (Phi) is 5.36. The number of hydrogen-bond donors (Lipinski definition) is 2. The van der Waals surface area contributed by atoms with E-state index >= 15 is 0 Å². The van der Waals surface area contributed by atoms with Crippen molar-refractivity contribution in [2.75, 3.05) is 13.2 Å². The van der Waals surface area contributed by atoms with Gasteiger partial charge < -0.3 is 9.72 Å². The van der Waals surface area contributed by atoms with E-state index in [2.05, 4.69) is 9.71 Å². The van der Waals surface area contributed by atoms with Gasteiger partial charge in [0.1, 0.15) is 0 Å². The summed E-state index contributed by atoms with van der Waals surface area (Å²) >= 11 is 0.705. The largest absolute Gasteiger partial charge is 0.377 e. The Bertz CT molecular complexity index is 585. The van der Waals surface area contributed by atoms with Crippen LogP contribution in [-0.2, 0) is 14.8 Å². The molecule has 1 saturated carbocycles. The van der Waals surface area contributed by atoms with E-state index in [1.165, 1.54) is 19.3 Å². The lowest BCUT2D eigenvalue weighted by molar-refractivity contribution is 0.0321. The third-order valence-electron chi connectivity index (χ3n) is 3.33. The van der Waals surface area contributed by atoms with Crippen molar-refractivity contribution >= 4 is 21.4 Å². The second-order valence-electron chi connectivity index (χ2n) is 4.96. The molecule has 0 spiro atoms. The van der Waals surface area contributed by atoms with Crippen LogP contribution < -0.4 is 9.60 Å². The third kappa shape index (κ3) is 4.15. The molecule has 0 amide bonds. The van der Waals surface area contributed by atoms with Gasteiger partial charge in [-0.3, -0.25) is 4.79 Å². The van der Waals surface area contributed by atoms with Gasteiger partial charge in [0, 0.05) is 12.2 Å². The fraction of sp³-hybridized carbons (Fsp3) is 0.750. The van der Waals surface area contributed by atoms with Crippen molar-refractivity contribution in [1.82, 2.24) is 9.71 Å². The minimum atomic E-state index is -3.62. The zero-order valence-corrected chi connectivity index (χ0v) is 13.1. The molecule has 0 unspecified atom stereocenters. The lowest BCUT2D eigenvalue weighted by atomic mass is 9.98. The van der Waals surface area contributed by atoms with Crippen molar-refractivity contribution in [3.8, 4) is 0 Å². The molecule has 114 valence electrons. The van der Waals surface area contributed by atoms with Crippen LogP contribution in [0.15, 0.2) is 9.00 Å². The zero-order valence-electron chi connectivity index (χ0n) is 11.5. The SMILES string of the molecule is Cc1[nH]c(=O)sc1S(=O)(=O)NCCOC1CCCCC1. The van der Waals surface area contributed by atoms with Gasteiger partial charge in [-0.05, 0) is 19.8 Å². The first-order chi connectivity index (χ1) is 9.49. The molecule has 1 fully saturated rings. The Morgan fingerprint density at radius 1 is 1.35 bits per heavy atom. The highest BCUT2D eigenvalue weighted by Crippen LogP contribution is 2.20. The summed E-state index contributed by atoms with van der Waals surface area (Å²) in [4.78, 5) is 13.2. The maximum absolute atomic E-state index is 12.0. The standard InChI is InChI=1S/C12H20N2O4S2/c1-9-11(19-12(15)14-9)20(16,17)13-7-8-18-10-5-3-2-4-6-10/h10,13H,2-8H2,1H3,(H,14,15). The summed E-state index contributed by atoms with van der Waals surface area (Å²) in [5.41, 5.74) is 0.376.